The third-order valence-electron chi connectivity index (χ3n) is 3.87. The van der Waals surface area contributed by atoms with E-state index in [0.717, 1.165) is 22.9 Å². The molecule has 8 heteroatoms. The Morgan fingerprint density at radius 3 is 2.73 bits per heavy atom. The molecule has 0 radical (unpaired) electrons. The van der Waals surface area contributed by atoms with Crippen molar-refractivity contribution < 1.29 is 9.47 Å². The lowest BCUT2D eigenvalue weighted by Gasteiger charge is -2.19. The Bertz CT molecular complexity index is 795. The Morgan fingerprint density at radius 2 is 2.00 bits per heavy atom. The van der Waals surface area contributed by atoms with Crippen LogP contribution >= 0.6 is 0 Å². The van der Waals surface area contributed by atoms with Crippen molar-refractivity contribution in [2.45, 2.75) is 25.8 Å². The van der Waals surface area contributed by atoms with Crippen LogP contribution in [0.4, 0.5) is 11.6 Å². The number of anilines is 2. The molecule has 0 aliphatic carbocycles. The molecule has 2 aromatic rings. The minimum Gasteiger partial charge on any atom is -0.486 e. The molecule has 0 fully saturated rings. The van der Waals surface area contributed by atoms with Crippen LogP contribution in [0.1, 0.15) is 25.5 Å². The topological polar surface area (TPSA) is 105 Å². The van der Waals surface area contributed by atoms with Gasteiger partial charge in [-0.1, -0.05) is 0 Å². The molecule has 3 N–H and O–H groups in total. The van der Waals surface area contributed by atoms with E-state index >= 15 is 0 Å². The Morgan fingerprint density at radius 1 is 1.23 bits per heavy atom. The molecule has 8 nitrogen and oxygen atoms in total. The number of hydrogen-bond donors (Lipinski definition) is 3. The summed E-state index contributed by atoms with van der Waals surface area (Å²) in [5, 5.41) is 13.4. The quantitative estimate of drug-likeness (QED) is 0.732. The fraction of sp³-hybridized carbons (Fsp3) is 0.333. The molecule has 0 spiro atoms. The maximum atomic E-state index is 6.08. The predicted octanol–water partition coefficient (Wildman–Crippen LogP) is 2.71. The van der Waals surface area contributed by atoms with Gasteiger partial charge in [0.2, 0.25) is 5.95 Å². The summed E-state index contributed by atoms with van der Waals surface area (Å²) in [7, 11) is 0. The zero-order chi connectivity index (χ0) is 18.4. The van der Waals surface area contributed by atoms with E-state index in [1.165, 1.54) is 6.21 Å². The van der Waals surface area contributed by atoms with Crippen LogP contribution in [-0.4, -0.2) is 41.7 Å². The van der Waals surface area contributed by atoms with Crippen molar-refractivity contribution in [1.82, 2.24) is 15.4 Å². The monoisotopic (exact) mass is 354 g/mol. The normalized spacial score (nSPS) is 19.8. The molecule has 3 heterocycles. The summed E-state index contributed by atoms with van der Waals surface area (Å²) in [6.07, 6.45) is 4.88. The van der Waals surface area contributed by atoms with E-state index in [0.29, 0.717) is 19.2 Å². The van der Waals surface area contributed by atoms with Gasteiger partial charge < -0.3 is 25.6 Å². The van der Waals surface area contributed by atoms with Crippen LogP contribution in [0.5, 0.6) is 11.5 Å². The van der Waals surface area contributed by atoms with Gasteiger partial charge in [0.05, 0.1) is 17.7 Å². The van der Waals surface area contributed by atoms with Crippen LogP contribution in [-0.2, 0) is 0 Å². The minimum atomic E-state index is 0.152. The SMILES string of the molecule is CC1NN=CC1c1ccnc(Nc2ccc3c(c2)OCCO3)n1.CC=N. The van der Waals surface area contributed by atoms with Gasteiger partial charge in [-0.05, 0) is 38.3 Å². The summed E-state index contributed by atoms with van der Waals surface area (Å²) in [5.41, 5.74) is 4.82. The van der Waals surface area contributed by atoms with Gasteiger partial charge in [-0.25, -0.2) is 9.97 Å². The van der Waals surface area contributed by atoms with Crippen molar-refractivity contribution in [2.24, 2.45) is 5.10 Å². The molecule has 2 unspecified atom stereocenters. The van der Waals surface area contributed by atoms with E-state index in [1.54, 1.807) is 13.1 Å². The van der Waals surface area contributed by atoms with E-state index in [4.69, 9.17) is 14.9 Å². The molecule has 0 bridgehead atoms. The van der Waals surface area contributed by atoms with Crippen LogP contribution in [0.25, 0.3) is 0 Å². The van der Waals surface area contributed by atoms with Gasteiger partial charge in [0.25, 0.3) is 0 Å². The van der Waals surface area contributed by atoms with Crippen molar-refractivity contribution in [3.05, 3.63) is 36.2 Å². The van der Waals surface area contributed by atoms with E-state index in [2.05, 4.69) is 32.7 Å². The average molecular weight is 354 g/mol. The third-order valence-corrected chi connectivity index (χ3v) is 3.87. The first-order chi connectivity index (χ1) is 12.7. The maximum absolute atomic E-state index is 6.08. The summed E-state index contributed by atoms with van der Waals surface area (Å²) >= 11 is 0. The van der Waals surface area contributed by atoms with Gasteiger partial charge in [-0.2, -0.15) is 5.10 Å². The zero-order valence-electron chi connectivity index (χ0n) is 14.8. The highest BCUT2D eigenvalue weighted by molar-refractivity contribution is 5.70. The smallest absolute Gasteiger partial charge is 0.227 e. The third kappa shape index (κ3) is 4.08. The number of hydrogen-bond acceptors (Lipinski definition) is 8. The van der Waals surface area contributed by atoms with Gasteiger partial charge >= 0.3 is 0 Å². The number of ether oxygens (including phenoxy) is 2. The predicted molar refractivity (Wildman–Crippen MR) is 101 cm³/mol. The minimum absolute atomic E-state index is 0.152. The molecule has 0 amide bonds. The summed E-state index contributed by atoms with van der Waals surface area (Å²) < 4.78 is 11.1. The van der Waals surface area contributed by atoms with Crippen molar-refractivity contribution in [3.63, 3.8) is 0 Å². The number of aromatic nitrogens is 2. The second kappa shape index (κ2) is 8.28. The number of rotatable bonds is 3. The van der Waals surface area contributed by atoms with Crippen molar-refractivity contribution in [1.29, 1.82) is 5.41 Å². The first-order valence-electron chi connectivity index (χ1n) is 8.44. The summed E-state index contributed by atoms with van der Waals surface area (Å²) in [4.78, 5) is 8.87. The summed E-state index contributed by atoms with van der Waals surface area (Å²) in [6, 6.07) is 7.84. The van der Waals surface area contributed by atoms with E-state index in [9.17, 15) is 0 Å². The first kappa shape index (κ1) is 17.7. The molecule has 2 aliphatic heterocycles. The maximum Gasteiger partial charge on any atom is 0.227 e. The molecule has 1 aromatic carbocycles. The Hall–Kier alpha value is -3.16. The number of hydrazone groups is 1. The van der Waals surface area contributed by atoms with Crippen LogP contribution in [0, 0.1) is 5.41 Å². The molecule has 136 valence electrons. The molecule has 2 aliphatic rings. The fourth-order valence-electron chi connectivity index (χ4n) is 2.65. The highest BCUT2D eigenvalue weighted by Gasteiger charge is 2.23. The Balaban J connectivity index is 0.000000613. The molecule has 26 heavy (non-hydrogen) atoms. The zero-order valence-corrected chi connectivity index (χ0v) is 14.8. The lowest BCUT2D eigenvalue weighted by Crippen LogP contribution is -2.22. The molecular formula is C18H22N6O2. The van der Waals surface area contributed by atoms with Gasteiger partial charge in [-0.3, -0.25) is 0 Å². The second-order valence-electron chi connectivity index (χ2n) is 5.80. The van der Waals surface area contributed by atoms with Gasteiger partial charge in [0, 0.05) is 24.2 Å². The standard InChI is InChI=1S/C16H17N5O2.C2H5N/c1-10-12(9-18-21-10)13-4-5-17-16(20-13)19-11-2-3-14-15(8-11)23-7-6-22-14;1-2-3/h2-5,8-10,12,21H,6-7H2,1H3,(H,17,19,20);2-3H,1H3. The van der Waals surface area contributed by atoms with Crippen LogP contribution < -0.4 is 20.2 Å². The molecule has 0 saturated heterocycles. The van der Waals surface area contributed by atoms with Gasteiger partial charge in [0.1, 0.15) is 13.2 Å². The number of nitrogens with zero attached hydrogens (tertiary/aromatic N) is 3. The van der Waals surface area contributed by atoms with Crippen LogP contribution in [0.15, 0.2) is 35.6 Å². The molecule has 4 rings (SSSR count). The number of fused-ring (bicyclic) bond motifs is 1. The molecule has 0 saturated carbocycles. The van der Waals surface area contributed by atoms with Gasteiger partial charge in [-0.15, -0.1) is 0 Å². The summed E-state index contributed by atoms with van der Waals surface area (Å²) in [5.74, 6) is 2.20. The largest absolute Gasteiger partial charge is 0.486 e. The van der Waals surface area contributed by atoms with E-state index in [-0.39, 0.29) is 12.0 Å². The second-order valence-corrected chi connectivity index (χ2v) is 5.80. The average Bonchev–Trinajstić information content (AvgIpc) is 3.09. The van der Waals surface area contributed by atoms with Crippen molar-refractivity contribution >= 4 is 24.1 Å². The van der Waals surface area contributed by atoms with Crippen LogP contribution in [0.3, 0.4) is 0 Å². The van der Waals surface area contributed by atoms with Crippen molar-refractivity contribution in [2.75, 3.05) is 18.5 Å². The summed E-state index contributed by atoms with van der Waals surface area (Å²) in [6.45, 7) is 4.89. The van der Waals surface area contributed by atoms with Gasteiger partial charge in [0.15, 0.2) is 11.5 Å². The first-order valence-corrected chi connectivity index (χ1v) is 8.44. The fourth-order valence-corrected chi connectivity index (χ4v) is 2.65. The van der Waals surface area contributed by atoms with Crippen molar-refractivity contribution in [3.8, 4) is 11.5 Å². The molecule has 2 atom stereocenters. The number of nitrogens with one attached hydrogen (secondary N) is 3. The lowest BCUT2D eigenvalue weighted by atomic mass is 10.0. The number of benzene rings is 1. The van der Waals surface area contributed by atoms with E-state index in [1.807, 2.05) is 30.5 Å². The molecule has 1 aromatic heterocycles. The Labute approximate surface area is 152 Å². The van der Waals surface area contributed by atoms with E-state index < -0.39 is 0 Å². The highest BCUT2D eigenvalue weighted by atomic mass is 16.6. The van der Waals surface area contributed by atoms with Crippen LogP contribution in [0.2, 0.25) is 0 Å². The lowest BCUT2D eigenvalue weighted by molar-refractivity contribution is 0.171. The molecular weight excluding hydrogens is 332 g/mol. The Kier molecular flexibility index (Phi) is 5.62. The highest BCUT2D eigenvalue weighted by Crippen LogP contribution is 2.33.